The Morgan fingerprint density at radius 1 is 0.927 bits per heavy atom. The molecule has 2 N–H and O–H groups in total. The van der Waals surface area contributed by atoms with Crippen LogP contribution < -0.4 is 5.32 Å². The van der Waals surface area contributed by atoms with Crippen molar-refractivity contribution >= 4 is 33.5 Å². The summed E-state index contributed by atoms with van der Waals surface area (Å²) in [5, 5.41) is 17.2. The number of carboxylic acid groups (broad SMARTS) is 1. The van der Waals surface area contributed by atoms with Gasteiger partial charge in [0, 0.05) is 23.0 Å². The number of thiophene rings is 1. The van der Waals surface area contributed by atoms with Crippen molar-refractivity contribution in [1.29, 1.82) is 0 Å². The molecule has 1 unspecified atom stereocenters. The Kier molecular flexibility index (Phi) is 8.19. The maximum absolute atomic E-state index is 14.2. The lowest BCUT2D eigenvalue weighted by Gasteiger charge is -2.39. The molecule has 214 valence electrons. The first-order valence-corrected chi connectivity index (χ1v) is 15.6. The Morgan fingerprint density at radius 2 is 1.56 bits per heavy atom. The molecule has 6 rings (SSSR count). The van der Waals surface area contributed by atoms with Crippen LogP contribution in [0.4, 0.5) is 4.39 Å². The molecule has 1 atom stereocenters. The van der Waals surface area contributed by atoms with Crippen LogP contribution in [0.5, 0.6) is 0 Å². The number of halogens is 1. The molecule has 0 spiro atoms. The van der Waals surface area contributed by atoms with Crippen LogP contribution in [-0.2, 0) is 20.9 Å². The van der Waals surface area contributed by atoms with Crippen molar-refractivity contribution < 1.29 is 23.8 Å². The number of pyridine rings is 1. The fraction of sp³-hybridized carbons (Fsp3) is 0.424. The number of carbonyl (C=O) groups excluding carboxylic acids is 1. The lowest BCUT2D eigenvalue weighted by molar-refractivity contribution is -0.140. The van der Waals surface area contributed by atoms with Gasteiger partial charge < -0.3 is 15.2 Å². The molecule has 2 fully saturated rings. The highest BCUT2D eigenvalue weighted by atomic mass is 32.1. The molecule has 8 heteroatoms. The first-order valence-electron chi connectivity index (χ1n) is 14.7. The number of dihydropyridines is 1. The van der Waals surface area contributed by atoms with Gasteiger partial charge in [0.15, 0.2) is 0 Å². The number of hydrogen-bond acceptors (Lipinski definition) is 6. The van der Waals surface area contributed by atoms with Gasteiger partial charge in [-0.25, -0.2) is 19.0 Å². The molecule has 1 aliphatic heterocycles. The Morgan fingerprint density at radius 3 is 2.20 bits per heavy atom. The van der Waals surface area contributed by atoms with Crippen molar-refractivity contribution in [3.63, 3.8) is 0 Å². The van der Waals surface area contributed by atoms with Crippen molar-refractivity contribution in [3.05, 3.63) is 87.5 Å². The average molecular weight is 575 g/mol. The highest BCUT2D eigenvalue weighted by Crippen LogP contribution is 2.48. The van der Waals surface area contributed by atoms with E-state index in [4.69, 9.17) is 4.74 Å². The van der Waals surface area contributed by atoms with Gasteiger partial charge in [-0.3, -0.25) is 0 Å². The van der Waals surface area contributed by atoms with E-state index in [1.165, 1.54) is 23.5 Å². The molecule has 1 aromatic carbocycles. The third kappa shape index (κ3) is 5.67. The summed E-state index contributed by atoms with van der Waals surface area (Å²) in [6.07, 6.45) is 12.0. The number of allylic oxidation sites excluding steroid dienone is 2. The molecular formula is C33H35FN2O4S. The van der Waals surface area contributed by atoms with E-state index >= 15 is 0 Å². The number of aliphatic carboxylic acids is 1. The molecule has 2 saturated carbocycles. The molecule has 0 saturated heterocycles. The summed E-state index contributed by atoms with van der Waals surface area (Å²) >= 11 is 1.46. The van der Waals surface area contributed by atoms with Gasteiger partial charge in [-0.05, 0) is 72.2 Å². The Hall–Kier alpha value is -3.52. The van der Waals surface area contributed by atoms with Gasteiger partial charge in [-0.1, -0.05) is 56.7 Å². The quantitative estimate of drug-likeness (QED) is 0.282. The summed E-state index contributed by atoms with van der Waals surface area (Å²) in [4.78, 5) is 32.7. The predicted octanol–water partition coefficient (Wildman–Crippen LogP) is 7.62. The minimum atomic E-state index is -1.02. The molecular weight excluding hydrogens is 539 g/mol. The predicted molar refractivity (Wildman–Crippen MR) is 157 cm³/mol. The lowest BCUT2D eigenvalue weighted by Crippen LogP contribution is -2.39. The van der Waals surface area contributed by atoms with Gasteiger partial charge in [0.2, 0.25) is 0 Å². The van der Waals surface area contributed by atoms with Gasteiger partial charge >= 0.3 is 11.9 Å². The minimum Gasteiger partial charge on any atom is -0.478 e. The van der Waals surface area contributed by atoms with E-state index < -0.39 is 17.9 Å². The number of carboxylic acids is 1. The van der Waals surface area contributed by atoms with E-state index in [2.05, 4.69) is 10.3 Å². The van der Waals surface area contributed by atoms with E-state index in [9.17, 15) is 19.1 Å². The normalized spacial score (nSPS) is 20.8. The van der Waals surface area contributed by atoms with Crippen molar-refractivity contribution in [2.75, 3.05) is 0 Å². The van der Waals surface area contributed by atoms with Gasteiger partial charge in [-0.2, -0.15) is 0 Å². The van der Waals surface area contributed by atoms with E-state index in [1.807, 2.05) is 17.5 Å². The zero-order valence-electron chi connectivity index (χ0n) is 23.0. The number of hydrogen-bond donors (Lipinski definition) is 2. The molecule has 3 aromatic rings. The van der Waals surface area contributed by atoms with Crippen molar-refractivity contribution in [1.82, 2.24) is 10.3 Å². The summed E-state index contributed by atoms with van der Waals surface area (Å²) in [6.45, 7) is -0.0270. The van der Waals surface area contributed by atoms with Crippen LogP contribution in [0.2, 0.25) is 0 Å². The topological polar surface area (TPSA) is 88.5 Å². The van der Waals surface area contributed by atoms with Crippen LogP contribution in [0, 0.1) is 17.7 Å². The summed E-state index contributed by atoms with van der Waals surface area (Å²) in [7, 11) is 0. The summed E-state index contributed by atoms with van der Waals surface area (Å²) < 4.78 is 19.4. The maximum Gasteiger partial charge on any atom is 0.337 e. The number of benzene rings is 1. The molecule has 2 aliphatic carbocycles. The van der Waals surface area contributed by atoms with Gasteiger partial charge in [-0.15, -0.1) is 11.3 Å². The maximum atomic E-state index is 14.2. The highest BCUT2D eigenvalue weighted by Gasteiger charge is 2.43. The largest absolute Gasteiger partial charge is 0.478 e. The van der Waals surface area contributed by atoms with Crippen LogP contribution in [-0.4, -0.2) is 22.0 Å². The zero-order valence-corrected chi connectivity index (χ0v) is 23.9. The number of esters is 1. The van der Waals surface area contributed by atoms with Gasteiger partial charge in [0.1, 0.15) is 17.3 Å². The number of carbonyl (C=O) groups is 2. The van der Waals surface area contributed by atoms with E-state index in [-0.39, 0.29) is 29.8 Å². The van der Waals surface area contributed by atoms with Crippen molar-refractivity contribution in [2.24, 2.45) is 11.8 Å². The fourth-order valence-electron chi connectivity index (χ4n) is 6.86. The number of fused-ring (bicyclic) bond motifs is 1. The van der Waals surface area contributed by atoms with Crippen LogP contribution >= 0.6 is 11.3 Å². The van der Waals surface area contributed by atoms with Gasteiger partial charge in [0.25, 0.3) is 0 Å². The second-order valence-corrected chi connectivity index (χ2v) is 12.3. The van der Waals surface area contributed by atoms with Crippen LogP contribution in [0.15, 0.2) is 70.5 Å². The molecule has 0 radical (unpaired) electrons. The van der Waals surface area contributed by atoms with Crippen LogP contribution in [0.1, 0.15) is 81.3 Å². The molecule has 2 aromatic heterocycles. The fourth-order valence-corrected chi connectivity index (χ4v) is 7.79. The molecule has 0 amide bonds. The smallest absolute Gasteiger partial charge is 0.337 e. The number of nitrogens with zero attached hydrogens (tertiary/aromatic N) is 1. The number of rotatable bonds is 7. The molecule has 41 heavy (non-hydrogen) atoms. The minimum absolute atomic E-state index is 0.0270. The highest BCUT2D eigenvalue weighted by molar-refractivity contribution is 7.16. The van der Waals surface area contributed by atoms with Crippen molar-refractivity contribution in [2.45, 2.75) is 76.7 Å². The summed E-state index contributed by atoms with van der Waals surface area (Å²) in [5.41, 5.74) is 3.68. The SMILES string of the molecule is O=C(O)C1=C(C2CCCCC2)NC(C2CCCCC2)=C(C(=O)OCc2ccc(F)cc2)C1c1csc2ncccc12. The monoisotopic (exact) mass is 574 g/mol. The standard InChI is InChI=1S/C33H35FN2O4S/c34-23-15-13-20(14-16-23)18-40-33(39)28-26(25-19-41-31-24(25)12-7-17-35-31)27(32(37)38)29(21-8-3-1-4-9-21)36-30(28)22-10-5-2-6-11-22/h7,12-17,19,21-22,26,36H,1-6,8-11,18H2,(H,37,38). The first kappa shape index (κ1) is 27.6. The zero-order chi connectivity index (χ0) is 28.3. The molecule has 3 heterocycles. The first-order chi connectivity index (χ1) is 20.0. The Bertz CT molecular complexity index is 1500. The number of nitrogens with one attached hydrogen (secondary N) is 1. The summed E-state index contributed by atoms with van der Waals surface area (Å²) in [6, 6.07) is 9.68. The van der Waals surface area contributed by atoms with Crippen LogP contribution in [0.3, 0.4) is 0 Å². The van der Waals surface area contributed by atoms with E-state index in [0.29, 0.717) is 11.1 Å². The van der Waals surface area contributed by atoms with Crippen molar-refractivity contribution in [3.8, 4) is 0 Å². The molecule has 6 nitrogen and oxygen atoms in total. The van der Waals surface area contributed by atoms with E-state index in [0.717, 1.165) is 91.4 Å². The van der Waals surface area contributed by atoms with Crippen LogP contribution in [0.25, 0.3) is 10.2 Å². The Labute approximate surface area is 243 Å². The van der Waals surface area contributed by atoms with Gasteiger partial charge in [0.05, 0.1) is 17.1 Å². The average Bonchev–Trinajstić information content (AvgIpc) is 3.44. The van der Waals surface area contributed by atoms with E-state index in [1.54, 1.807) is 18.3 Å². The second-order valence-electron chi connectivity index (χ2n) is 11.4. The number of ether oxygens (including phenoxy) is 1. The molecule has 3 aliphatic rings. The third-order valence-electron chi connectivity index (χ3n) is 8.88. The lowest BCUT2D eigenvalue weighted by atomic mass is 9.72. The molecule has 0 bridgehead atoms. The number of aromatic nitrogens is 1. The third-order valence-corrected chi connectivity index (χ3v) is 9.80. The Balaban J connectivity index is 1.51. The second kappa shape index (κ2) is 12.1. The summed E-state index contributed by atoms with van der Waals surface area (Å²) in [5.74, 6) is -2.45.